The molecule has 0 unspecified atom stereocenters. The molecular formula is C21H21F3N6O3. The lowest BCUT2D eigenvalue weighted by molar-refractivity contribution is -0.143. The van der Waals surface area contributed by atoms with E-state index in [0.29, 0.717) is 29.1 Å². The fourth-order valence-electron chi connectivity index (χ4n) is 3.84. The summed E-state index contributed by atoms with van der Waals surface area (Å²) in [7, 11) is 1.59. The van der Waals surface area contributed by atoms with Gasteiger partial charge in [0.1, 0.15) is 5.82 Å². The molecule has 174 valence electrons. The summed E-state index contributed by atoms with van der Waals surface area (Å²) >= 11 is 0. The Labute approximate surface area is 185 Å². The van der Waals surface area contributed by atoms with Crippen LogP contribution in [-0.2, 0) is 22.8 Å². The summed E-state index contributed by atoms with van der Waals surface area (Å²) in [5.74, 6) is -1.16. The number of fused-ring (bicyclic) bond motifs is 1. The van der Waals surface area contributed by atoms with Crippen LogP contribution in [0.4, 0.5) is 24.7 Å². The van der Waals surface area contributed by atoms with Gasteiger partial charge in [-0.15, -0.1) is 0 Å². The third-order valence-corrected chi connectivity index (χ3v) is 5.64. The van der Waals surface area contributed by atoms with Crippen LogP contribution in [0.15, 0.2) is 41.3 Å². The molecule has 2 N–H and O–H groups in total. The highest BCUT2D eigenvalue weighted by Gasteiger charge is 2.33. The molecule has 4 rings (SSSR count). The Hall–Kier alpha value is -3.83. The molecule has 2 amide bonds. The summed E-state index contributed by atoms with van der Waals surface area (Å²) < 4.78 is 39.7. The number of hydrogen-bond acceptors (Lipinski definition) is 5. The number of aromatic nitrogens is 3. The molecule has 1 aliphatic rings. The van der Waals surface area contributed by atoms with Gasteiger partial charge in [-0.3, -0.25) is 14.2 Å². The topological polar surface area (TPSA) is 103 Å². The number of aromatic amines is 1. The predicted octanol–water partition coefficient (Wildman–Crippen LogP) is 1.96. The Kier molecular flexibility index (Phi) is 5.60. The highest BCUT2D eigenvalue weighted by atomic mass is 19.4. The summed E-state index contributed by atoms with van der Waals surface area (Å²) in [6, 6.07) is 6.82. The highest BCUT2D eigenvalue weighted by Crippen LogP contribution is 2.30. The van der Waals surface area contributed by atoms with Crippen LogP contribution in [0, 0.1) is 0 Å². The normalized spacial score (nSPS) is 16.8. The number of imidazole rings is 1. The number of hydrogen-bond donors (Lipinski definition) is 2. The monoisotopic (exact) mass is 462 g/mol. The largest absolute Gasteiger partial charge is 0.417 e. The van der Waals surface area contributed by atoms with Gasteiger partial charge in [-0.25, -0.2) is 9.78 Å². The number of amides is 2. The van der Waals surface area contributed by atoms with E-state index in [9.17, 15) is 27.6 Å². The van der Waals surface area contributed by atoms with Gasteiger partial charge in [0.25, 0.3) is 0 Å². The molecule has 12 heteroatoms. The van der Waals surface area contributed by atoms with Crippen molar-refractivity contribution in [1.29, 1.82) is 0 Å². The number of piperazine rings is 1. The minimum atomic E-state index is -4.46. The van der Waals surface area contributed by atoms with Gasteiger partial charge in [0, 0.05) is 44.6 Å². The number of nitrogens with one attached hydrogen (secondary N) is 2. The predicted molar refractivity (Wildman–Crippen MR) is 115 cm³/mol. The zero-order valence-corrected chi connectivity index (χ0v) is 17.8. The van der Waals surface area contributed by atoms with E-state index in [1.165, 1.54) is 15.5 Å². The van der Waals surface area contributed by atoms with E-state index in [-0.39, 0.29) is 24.8 Å². The van der Waals surface area contributed by atoms with Crippen molar-refractivity contribution in [3.63, 3.8) is 0 Å². The zero-order chi connectivity index (χ0) is 23.9. The molecule has 0 spiro atoms. The van der Waals surface area contributed by atoms with Crippen molar-refractivity contribution in [3.8, 4) is 0 Å². The molecule has 2 aromatic heterocycles. The lowest BCUT2D eigenvalue weighted by Crippen LogP contribution is -2.56. The second kappa shape index (κ2) is 8.26. The van der Waals surface area contributed by atoms with E-state index in [1.807, 2.05) is 0 Å². The fraction of sp³-hybridized carbons (Fsp3) is 0.333. The lowest BCUT2D eigenvalue weighted by Gasteiger charge is -2.40. The molecule has 1 aromatic carbocycles. The molecule has 1 aliphatic heterocycles. The summed E-state index contributed by atoms with van der Waals surface area (Å²) in [4.78, 5) is 46.7. The van der Waals surface area contributed by atoms with Crippen molar-refractivity contribution in [2.24, 2.45) is 7.05 Å². The maximum atomic E-state index is 12.8. The molecule has 0 radical (unpaired) electrons. The Morgan fingerprint density at radius 1 is 1.18 bits per heavy atom. The van der Waals surface area contributed by atoms with Crippen LogP contribution in [0.2, 0.25) is 0 Å². The molecule has 3 aromatic rings. The lowest BCUT2D eigenvalue weighted by atomic mass is 10.1. The number of aryl methyl sites for hydroxylation is 1. The van der Waals surface area contributed by atoms with E-state index in [2.05, 4.69) is 15.3 Å². The van der Waals surface area contributed by atoms with E-state index in [0.717, 1.165) is 12.3 Å². The fourth-order valence-corrected chi connectivity index (χ4v) is 3.84. The molecule has 1 saturated heterocycles. The first-order valence-electron chi connectivity index (χ1n) is 10.1. The van der Waals surface area contributed by atoms with Crippen molar-refractivity contribution in [3.05, 3.63) is 52.6 Å². The number of nitrogens with zero attached hydrogens (tertiary/aromatic N) is 4. The third-order valence-electron chi connectivity index (χ3n) is 5.64. The van der Waals surface area contributed by atoms with E-state index in [1.54, 1.807) is 37.1 Å². The van der Waals surface area contributed by atoms with Gasteiger partial charge in [0.2, 0.25) is 0 Å². The van der Waals surface area contributed by atoms with Gasteiger partial charge in [-0.05, 0) is 37.3 Å². The van der Waals surface area contributed by atoms with Crippen molar-refractivity contribution in [2.75, 3.05) is 29.9 Å². The van der Waals surface area contributed by atoms with Gasteiger partial charge in [0.05, 0.1) is 16.6 Å². The molecule has 1 fully saturated rings. The first-order valence-corrected chi connectivity index (χ1v) is 10.1. The van der Waals surface area contributed by atoms with Gasteiger partial charge in [-0.2, -0.15) is 13.2 Å². The smallest absolute Gasteiger partial charge is 0.350 e. The molecule has 0 aliphatic carbocycles. The van der Waals surface area contributed by atoms with Gasteiger partial charge in [0.15, 0.2) is 0 Å². The quantitative estimate of drug-likeness (QED) is 0.567. The SMILES string of the molecule is C[C@@H]1CN(C(=O)C(=O)Nc2ccc3[nH]c(=O)n(C)c3c2)CCN1c1ccc(C(F)(F)F)cn1. The number of rotatable bonds is 2. The van der Waals surface area contributed by atoms with Crippen LogP contribution in [0.3, 0.4) is 0 Å². The minimum Gasteiger partial charge on any atom is -0.350 e. The standard InChI is InChI=1S/C21H21F3N6O3/c1-12-11-29(7-8-30(12)17-6-3-13(10-25-17)21(22,23)24)19(32)18(31)26-14-4-5-15-16(9-14)28(2)20(33)27-15/h3-6,9-10,12H,7-8,11H2,1-2H3,(H,26,31)(H,27,33)/t12-/m1/s1. The number of H-pyrrole nitrogens is 1. The number of pyridine rings is 1. The summed E-state index contributed by atoms with van der Waals surface area (Å²) in [5.41, 5.74) is 0.433. The summed E-state index contributed by atoms with van der Waals surface area (Å²) in [5, 5.41) is 2.55. The van der Waals surface area contributed by atoms with Crippen LogP contribution in [0.25, 0.3) is 11.0 Å². The Balaban J connectivity index is 1.40. The molecule has 0 saturated carbocycles. The molecule has 9 nitrogen and oxygen atoms in total. The average molecular weight is 462 g/mol. The first-order chi connectivity index (χ1) is 15.5. The van der Waals surface area contributed by atoms with Crippen LogP contribution >= 0.6 is 0 Å². The zero-order valence-electron chi connectivity index (χ0n) is 17.8. The number of carbonyl (C=O) groups is 2. The van der Waals surface area contributed by atoms with Crippen LogP contribution in [0.1, 0.15) is 12.5 Å². The van der Waals surface area contributed by atoms with Crippen LogP contribution in [0.5, 0.6) is 0 Å². The summed E-state index contributed by atoms with van der Waals surface area (Å²) in [6.45, 7) is 2.54. The Bertz CT molecular complexity index is 1260. The van der Waals surface area contributed by atoms with Crippen LogP contribution < -0.4 is 15.9 Å². The Morgan fingerprint density at radius 2 is 1.94 bits per heavy atom. The second-order valence-corrected chi connectivity index (χ2v) is 7.87. The van der Waals surface area contributed by atoms with E-state index < -0.39 is 23.6 Å². The van der Waals surface area contributed by atoms with Gasteiger partial charge < -0.3 is 20.1 Å². The highest BCUT2D eigenvalue weighted by molar-refractivity contribution is 6.39. The first kappa shape index (κ1) is 22.4. The Morgan fingerprint density at radius 3 is 2.58 bits per heavy atom. The molecule has 0 bridgehead atoms. The van der Waals surface area contributed by atoms with E-state index >= 15 is 0 Å². The van der Waals surface area contributed by atoms with Crippen molar-refractivity contribution in [1.82, 2.24) is 19.4 Å². The third kappa shape index (κ3) is 4.41. The average Bonchev–Trinajstić information content (AvgIpc) is 3.06. The molecule has 3 heterocycles. The van der Waals surface area contributed by atoms with Crippen molar-refractivity contribution >= 4 is 34.4 Å². The maximum absolute atomic E-state index is 12.8. The number of benzene rings is 1. The van der Waals surface area contributed by atoms with Crippen molar-refractivity contribution < 1.29 is 22.8 Å². The van der Waals surface area contributed by atoms with Crippen LogP contribution in [-0.4, -0.2) is 56.9 Å². The maximum Gasteiger partial charge on any atom is 0.417 e. The molecule has 1 atom stereocenters. The second-order valence-electron chi connectivity index (χ2n) is 7.87. The number of alkyl halides is 3. The molecule has 33 heavy (non-hydrogen) atoms. The molecular weight excluding hydrogens is 441 g/mol. The van der Waals surface area contributed by atoms with E-state index in [4.69, 9.17) is 0 Å². The number of carbonyl (C=O) groups excluding carboxylic acids is 2. The minimum absolute atomic E-state index is 0.209. The van der Waals surface area contributed by atoms with Crippen molar-refractivity contribution in [2.45, 2.75) is 19.1 Å². The van der Waals surface area contributed by atoms with Gasteiger partial charge in [-0.1, -0.05) is 0 Å². The number of halogens is 3. The van der Waals surface area contributed by atoms with Gasteiger partial charge >= 0.3 is 23.7 Å². The number of anilines is 2. The summed E-state index contributed by atoms with van der Waals surface area (Å²) in [6.07, 6.45) is -3.68.